The minimum atomic E-state index is -0.271. The van der Waals surface area contributed by atoms with Crippen LogP contribution in [0.4, 0.5) is 0 Å². The topological polar surface area (TPSA) is 86.5 Å². The van der Waals surface area contributed by atoms with Gasteiger partial charge >= 0.3 is 0 Å². The van der Waals surface area contributed by atoms with Gasteiger partial charge < -0.3 is 19.3 Å². The lowest BCUT2D eigenvalue weighted by atomic mass is 10.0. The van der Waals surface area contributed by atoms with E-state index in [2.05, 4.69) is 15.5 Å². The third kappa shape index (κ3) is 3.56. The number of nitrogens with zero attached hydrogens (tertiary/aromatic N) is 2. The molecule has 128 valence electrons. The third-order valence-electron chi connectivity index (χ3n) is 4.05. The fourth-order valence-corrected chi connectivity index (χ4v) is 2.74. The minimum Gasteiger partial charge on any atom is -0.484 e. The number of ether oxygens (including phenoxy) is 2. The molecule has 0 aromatic carbocycles. The van der Waals surface area contributed by atoms with E-state index in [0.29, 0.717) is 42.4 Å². The van der Waals surface area contributed by atoms with E-state index >= 15 is 0 Å². The Morgan fingerprint density at radius 1 is 1.33 bits per heavy atom. The molecule has 0 bridgehead atoms. The Balaban J connectivity index is 1.70. The van der Waals surface area contributed by atoms with Crippen molar-refractivity contribution in [1.29, 1.82) is 0 Å². The number of hydrogen-bond donors (Lipinski definition) is 1. The van der Waals surface area contributed by atoms with Crippen molar-refractivity contribution in [2.24, 2.45) is 0 Å². The molecule has 7 nitrogen and oxygen atoms in total. The Morgan fingerprint density at radius 2 is 2.17 bits per heavy atom. The first kappa shape index (κ1) is 16.4. The smallest absolute Gasteiger partial charge is 0.257 e. The number of amides is 1. The molecular weight excluding hydrogens is 310 g/mol. The molecule has 0 aliphatic carbocycles. The van der Waals surface area contributed by atoms with Gasteiger partial charge in [-0.3, -0.25) is 9.78 Å². The highest BCUT2D eigenvalue weighted by atomic mass is 16.5. The summed E-state index contributed by atoms with van der Waals surface area (Å²) in [5, 5.41) is 6.85. The number of aromatic nitrogens is 2. The molecule has 1 amide bonds. The molecule has 1 saturated heterocycles. The summed E-state index contributed by atoms with van der Waals surface area (Å²) in [6.45, 7) is 6.39. The summed E-state index contributed by atoms with van der Waals surface area (Å²) >= 11 is 0. The van der Waals surface area contributed by atoms with E-state index < -0.39 is 0 Å². The number of hydrogen-bond acceptors (Lipinski definition) is 6. The molecule has 7 heteroatoms. The summed E-state index contributed by atoms with van der Waals surface area (Å²) in [5.41, 5.74) is 1.99. The van der Waals surface area contributed by atoms with Crippen LogP contribution >= 0.6 is 0 Å². The van der Waals surface area contributed by atoms with Crippen molar-refractivity contribution in [1.82, 2.24) is 15.5 Å². The fraction of sp³-hybridized carbons (Fsp3) is 0.471. The van der Waals surface area contributed by atoms with E-state index in [-0.39, 0.29) is 18.1 Å². The molecule has 3 rings (SSSR count). The molecule has 0 saturated carbocycles. The molecule has 1 aliphatic heterocycles. The summed E-state index contributed by atoms with van der Waals surface area (Å²) in [6.07, 6.45) is 2.09. The molecule has 0 spiro atoms. The number of pyridine rings is 1. The van der Waals surface area contributed by atoms with Gasteiger partial charge in [-0.05, 0) is 39.3 Å². The predicted molar refractivity (Wildman–Crippen MR) is 86.1 cm³/mol. The van der Waals surface area contributed by atoms with Crippen molar-refractivity contribution < 1.29 is 18.8 Å². The van der Waals surface area contributed by atoms with Gasteiger partial charge in [0.05, 0.1) is 24.5 Å². The second-order valence-electron chi connectivity index (χ2n) is 5.93. The highest BCUT2D eigenvalue weighted by Gasteiger charge is 2.30. The summed E-state index contributed by atoms with van der Waals surface area (Å²) in [5.74, 6) is 0.971. The van der Waals surface area contributed by atoms with Gasteiger partial charge in [-0.25, -0.2) is 0 Å². The summed E-state index contributed by atoms with van der Waals surface area (Å²) in [7, 11) is 0. The average molecular weight is 331 g/mol. The van der Waals surface area contributed by atoms with E-state index in [9.17, 15) is 4.79 Å². The van der Waals surface area contributed by atoms with Crippen LogP contribution in [0, 0.1) is 20.8 Å². The quantitative estimate of drug-likeness (QED) is 0.921. The highest BCUT2D eigenvalue weighted by molar-refractivity contribution is 5.96. The lowest BCUT2D eigenvalue weighted by Gasteiger charge is -2.32. The monoisotopic (exact) mass is 331 g/mol. The van der Waals surface area contributed by atoms with E-state index in [1.807, 2.05) is 19.1 Å². The van der Waals surface area contributed by atoms with Crippen LogP contribution in [0.15, 0.2) is 22.9 Å². The van der Waals surface area contributed by atoms with Gasteiger partial charge in [0.2, 0.25) is 0 Å². The molecule has 0 unspecified atom stereocenters. The van der Waals surface area contributed by atoms with Gasteiger partial charge in [0.15, 0.2) is 0 Å². The number of aryl methyl sites for hydroxylation is 3. The first-order valence-corrected chi connectivity index (χ1v) is 7.95. The van der Waals surface area contributed by atoms with Crippen molar-refractivity contribution in [3.05, 3.63) is 41.0 Å². The molecule has 2 aromatic rings. The van der Waals surface area contributed by atoms with Gasteiger partial charge in [-0.1, -0.05) is 5.16 Å². The number of rotatable bonds is 4. The SMILES string of the molecule is Cc1ccc(O[C@H]2COCC[C@H]2NC(=O)c2c(C)noc2C)cn1. The van der Waals surface area contributed by atoms with Crippen LogP contribution in [0.5, 0.6) is 5.75 Å². The summed E-state index contributed by atoms with van der Waals surface area (Å²) < 4.78 is 16.5. The van der Waals surface area contributed by atoms with Crippen LogP contribution in [-0.4, -0.2) is 41.4 Å². The number of nitrogens with one attached hydrogen (secondary N) is 1. The predicted octanol–water partition coefficient (Wildman–Crippen LogP) is 1.96. The van der Waals surface area contributed by atoms with Gasteiger partial charge in [0, 0.05) is 12.3 Å². The Bertz CT molecular complexity index is 692. The maximum atomic E-state index is 12.5. The Labute approximate surface area is 140 Å². The van der Waals surface area contributed by atoms with Gasteiger partial charge in [0.1, 0.15) is 23.2 Å². The van der Waals surface area contributed by atoms with Crippen molar-refractivity contribution >= 4 is 5.91 Å². The van der Waals surface area contributed by atoms with Crippen molar-refractivity contribution in [3.63, 3.8) is 0 Å². The third-order valence-corrected chi connectivity index (χ3v) is 4.05. The van der Waals surface area contributed by atoms with Crippen LogP contribution in [0.2, 0.25) is 0 Å². The standard InChI is InChI=1S/C17H21N3O4/c1-10-4-5-13(8-18-10)23-15-9-22-7-6-14(15)19-17(21)16-11(2)20-24-12(16)3/h4-5,8,14-15H,6-7,9H2,1-3H3,(H,19,21)/t14-,15+/m1/s1. The highest BCUT2D eigenvalue weighted by Crippen LogP contribution is 2.19. The molecule has 1 N–H and O–H groups in total. The maximum absolute atomic E-state index is 12.5. The zero-order chi connectivity index (χ0) is 17.1. The molecule has 24 heavy (non-hydrogen) atoms. The summed E-state index contributed by atoms with van der Waals surface area (Å²) in [6, 6.07) is 3.60. The average Bonchev–Trinajstić information content (AvgIpc) is 2.90. The Kier molecular flexibility index (Phi) is 4.80. The van der Waals surface area contributed by atoms with Crippen molar-refractivity contribution in [2.45, 2.75) is 39.3 Å². The van der Waals surface area contributed by atoms with Crippen molar-refractivity contribution in [3.8, 4) is 5.75 Å². The molecule has 1 aliphatic rings. The lowest BCUT2D eigenvalue weighted by molar-refractivity contribution is -0.0136. The lowest BCUT2D eigenvalue weighted by Crippen LogP contribution is -2.51. The molecular formula is C17H21N3O4. The molecule has 1 fully saturated rings. The van der Waals surface area contributed by atoms with Gasteiger partial charge in [-0.15, -0.1) is 0 Å². The van der Waals surface area contributed by atoms with Crippen LogP contribution in [0.1, 0.15) is 33.9 Å². The molecule has 2 aromatic heterocycles. The number of carbonyl (C=O) groups is 1. The first-order chi connectivity index (χ1) is 11.5. The Morgan fingerprint density at radius 3 is 2.83 bits per heavy atom. The van der Waals surface area contributed by atoms with Crippen LogP contribution in [0.25, 0.3) is 0 Å². The second-order valence-corrected chi connectivity index (χ2v) is 5.93. The first-order valence-electron chi connectivity index (χ1n) is 7.95. The molecule has 3 heterocycles. The van der Waals surface area contributed by atoms with E-state index in [1.54, 1.807) is 20.0 Å². The largest absolute Gasteiger partial charge is 0.484 e. The van der Waals surface area contributed by atoms with E-state index in [0.717, 1.165) is 5.69 Å². The molecule has 0 radical (unpaired) electrons. The maximum Gasteiger partial charge on any atom is 0.257 e. The van der Waals surface area contributed by atoms with Crippen LogP contribution in [-0.2, 0) is 4.74 Å². The van der Waals surface area contributed by atoms with E-state index in [4.69, 9.17) is 14.0 Å². The van der Waals surface area contributed by atoms with E-state index in [1.165, 1.54) is 0 Å². The fourth-order valence-electron chi connectivity index (χ4n) is 2.74. The normalized spacial score (nSPS) is 20.6. The Hall–Kier alpha value is -2.41. The number of carbonyl (C=O) groups excluding carboxylic acids is 1. The zero-order valence-corrected chi connectivity index (χ0v) is 14.0. The van der Waals surface area contributed by atoms with Crippen LogP contribution in [0.3, 0.4) is 0 Å². The molecule has 2 atom stereocenters. The van der Waals surface area contributed by atoms with Crippen molar-refractivity contribution in [2.75, 3.05) is 13.2 Å². The van der Waals surface area contributed by atoms with Gasteiger partial charge in [-0.2, -0.15) is 0 Å². The van der Waals surface area contributed by atoms with Crippen LogP contribution < -0.4 is 10.1 Å². The minimum absolute atomic E-state index is 0.152. The zero-order valence-electron chi connectivity index (χ0n) is 14.0. The van der Waals surface area contributed by atoms with Gasteiger partial charge in [0.25, 0.3) is 5.91 Å². The summed E-state index contributed by atoms with van der Waals surface area (Å²) in [4.78, 5) is 16.8. The second kappa shape index (κ2) is 7.00.